The van der Waals surface area contributed by atoms with Gasteiger partial charge in [-0.2, -0.15) is 0 Å². The molecule has 3 heteroatoms. The number of hydrogen-bond acceptors (Lipinski definition) is 3. The van der Waals surface area contributed by atoms with Crippen LogP contribution in [0, 0.1) is 24.7 Å². The maximum atomic E-state index is 12.1. The summed E-state index contributed by atoms with van der Waals surface area (Å²) in [7, 11) is 0. The molecule has 2 unspecified atom stereocenters. The zero-order chi connectivity index (χ0) is 9.71. The van der Waals surface area contributed by atoms with E-state index >= 15 is 0 Å². The van der Waals surface area contributed by atoms with E-state index in [4.69, 9.17) is 4.74 Å². The zero-order valence-corrected chi connectivity index (χ0v) is 8.84. The number of fused-ring (bicyclic) bond motifs is 1. The second-order valence-electron chi connectivity index (χ2n) is 4.19. The Hall–Kier alpha value is -0.670. The van der Waals surface area contributed by atoms with Crippen molar-refractivity contribution in [2.24, 2.45) is 17.8 Å². The van der Waals surface area contributed by atoms with Crippen molar-refractivity contribution >= 4 is 17.1 Å². The van der Waals surface area contributed by atoms with Crippen LogP contribution in [0.1, 0.15) is 15.2 Å². The second kappa shape index (κ2) is 2.91. The van der Waals surface area contributed by atoms with Crippen molar-refractivity contribution in [2.75, 3.05) is 13.2 Å². The predicted octanol–water partition coefficient (Wildman–Crippen LogP) is 2.13. The smallest absolute Gasteiger partial charge is 0.176 e. The highest BCUT2D eigenvalue weighted by molar-refractivity contribution is 7.12. The van der Waals surface area contributed by atoms with E-state index in [1.165, 1.54) is 0 Å². The molecular formula is C11H12O2S. The molecule has 1 aromatic rings. The van der Waals surface area contributed by atoms with Crippen molar-refractivity contribution < 1.29 is 9.53 Å². The van der Waals surface area contributed by atoms with E-state index in [1.807, 2.05) is 18.4 Å². The number of carbonyl (C=O) groups excluding carboxylic acids is 1. The molecule has 2 aliphatic rings. The van der Waals surface area contributed by atoms with E-state index in [-0.39, 0.29) is 5.92 Å². The first-order valence-corrected chi connectivity index (χ1v) is 5.83. The standard InChI is InChI=1S/C11H12O2S/c1-6-2-3-14-11(6)10(12)9-7-4-13-5-8(7)9/h2-3,7-9H,4-5H2,1H3. The SMILES string of the molecule is Cc1ccsc1C(=O)C1C2COCC21. The molecule has 3 rings (SSSR count). The molecule has 0 aromatic carbocycles. The average molecular weight is 208 g/mol. The lowest BCUT2D eigenvalue weighted by Gasteiger charge is -2.02. The number of thiophene rings is 1. The van der Waals surface area contributed by atoms with Gasteiger partial charge in [-0.25, -0.2) is 0 Å². The van der Waals surface area contributed by atoms with Crippen LogP contribution in [-0.4, -0.2) is 19.0 Å². The number of hydrogen-bond donors (Lipinski definition) is 0. The molecule has 2 atom stereocenters. The maximum absolute atomic E-state index is 12.1. The van der Waals surface area contributed by atoms with Crippen LogP contribution in [-0.2, 0) is 4.74 Å². The predicted molar refractivity (Wildman–Crippen MR) is 54.7 cm³/mol. The molecule has 1 saturated carbocycles. The van der Waals surface area contributed by atoms with Crippen LogP contribution in [0.3, 0.4) is 0 Å². The van der Waals surface area contributed by atoms with Crippen LogP contribution >= 0.6 is 11.3 Å². The minimum Gasteiger partial charge on any atom is -0.381 e. The average Bonchev–Trinajstić information content (AvgIpc) is 2.57. The Kier molecular flexibility index (Phi) is 1.79. The Morgan fingerprint density at radius 2 is 2.21 bits per heavy atom. The van der Waals surface area contributed by atoms with Gasteiger partial charge >= 0.3 is 0 Å². The molecule has 0 radical (unpaired) electrons. The summed E-state index contributed by atoms with van der Waals surface area (Å²) in [5.41, 5.74) is 1.13. The van der Waals surface area contributed by atoms with Gasteiger partial charge in [-0.15, -0.1) is 11.3 Å². The fraction of sp³-hybridized carbons (Fsp3) is 0.545. The molecule has 1 aliphatic carbocycles. The van der Waals surface area contributed by atoms with Gasteiger partial charge in [0.2, 0.25) is 0 Å². The molecule has 2 nitrogen and oxygen atoms in total. The first kappa shape index (κ1) is 8.62. The first-order valence-electron chi connectivity index (χ1n) is 4.95. The highest BCUT2D eigenvalue weighted by Gasteiger charge is 2.58. The molecule has 0 N–H and O–H groups in total. The van der Waals surface area contributed by atoms with E-state index in [1.54, 1.807) is 11.3 Å². The second-order valence-corrected chi connectivity index (χ2v) is 5.10. The van der Waals surface area contributed by atoms with E-state index < -0.39 is 0 Å². The molecule has 74 valence electrons. The summed E-state index contributed by atoms with van der Waals surface area (Å²) >= 11 is 1.57. The zero-order valence-electron chi connectivity index (χ0n) is 8.03. The van der Waals surface area contributed by atoms with Gasteiger partial charge in [0, 0.05) is 5.92 Å². The molecule has 0 bridgehead atoms. The highest BCUT2D eigenvalue weighted by atomic mass is 32.1. The highest BCUT2D eigenvalue weighted by Crippen LogP contribution is 2.52. The van der Waals surface area contributed by atoms with Crippen LogP contribution < -0.4 is 0 Å². The van der Waals surface area contributed by atoms with Crippen molar-refractivity contribution in [3.63, 3.8) is 0 Å². The van der Waals surface area contributed by atoms with Gasteiger partial charge in [0.25, 0.3) is 0 Å². The molecule has 2 fully saturated rings. The van der Waals surface area contributed by atoms with Crippen LogP contribution in [0.2, 0.25) is 0 Å². The summed E-state index contributed by atoms with van der Waals surface area (Å²) in [6.07, 6.45) is 0. The fourth-order valence-electron chi connectivity index (χ4n) is 2.41. The molecule has 0 spiro atoms. The number of rotatable bonds is 2. The molecule has 14 heavy (non-hydrogen) atoms. The molecule has 1 aliphatic heterocycles. The van der Waals surface area contributed by atoms with Crippen LogP contribution in [0.15, 0.2) is 11.4 Å². The van der Waals surface area contributed by atoms with Crippen molar-refractivity contribution in [3.8, 4) is 0 Å². The maximum Gasteiger partial charge on any atom is 0.176 e. The summed E-state index contributed by atoms with van der Waals surface area (Å²) in [6, 6.07) is 2.02. The Labute approximate surface area is 86.9 Å². The van der Waals surface area contributed by atoms with Gasteiger partial charge in [0.15, 0.2) is 5.78 Å². The van der Waals surface area contributed by atoms with Crippen LogP contribution in [0.5, 0.6) is 0 Å². The normalized spacial score (nSPS) is 34.2. The number of ether oxygens (including phenoxy) is 1. The van der Waals surface area contributed by atoms with Gasteiger partial charge in [0.05, 0.1) is 18.1 Å². The molecule has 0 amide bonds. The monoisotopic (exact) mass is 208 g/mol. The number of carbonyl (C=O) groups is 1. The van der Waals surface area contributed by atoms with E-state index in [9.17, 15) is 4.79 Å². The van der Waals surface area contributed by atoms with Gasteiger partial charge < -0.3 is 4.74 Å². The molecule has 1 saturated heterocycles. The Balaban J connectivity index is 1.82. The van der Waals surface area contributed by atoms with Gasteiger partial charge in [-0.3, -0.25) is 4.79 Å². The third kappa shape index (κ3) is 1.09. The first-order chi connectivity index (χ1) is 6.79. The lowest BCUT2D eigenvalue weighted by Crippen LogP contribution is -2.09. The minimum absolute atomic E-state index is 0.279. The van der Waals surface area contributed by atoms with Crippen LogP contribution in [0.25, 0.3) is 0 Å². The summed E-state index contributed by atoms with van der Waals surface area (Å²) in [6.45, 7) is 3.61. The summed E-state index contributed by atoms with van der Waals surface area (Å²) in [5, 5.41) is 2.00. The summed E-state index contributed by atoms with van der Waals surface area (Å²) in [5.74, 6) is 1.70. The molecule has 2 heterocycles. The van der Waals surface area contributed by atoms with Gasteiger partial charge in [0.1, 0.15) is 0 Å². The van der Waals surface area contributed by atoms with Crippen molar-refractivity contribution in [3.05, 3.63) is 21.9 Å². The topological polar surface area (TPSA) is 26.3 Å². The van der Waals surface area contributed by atoms with Crippen molar-refractivity contribution in [2.45, 2.75) is 6.92 Å². The Morgan fingerprint density at radius 3 is 2.79 bits per heavy atom. The van der Waals surface area contributed by atoms with Crippen molar-refractivity contribution in [1.29, 1.82) is 0 Å². The third-order valence-electron chi connectivity index (χ3n) is 3.34. The Morgan fingerprint density at radius 1 is 1.50 bits per heavy atom. The fourth-order valence-corrected chi connectivity index (χ4v) is 3.32. The molecule has 1 aromatic heterocycles. The van der Waals surface area contributed by atoms with E-state index in [2.05, 4.69) is 0 Å². The van der Waals surface area contributed by atoms with E-state index in [0.29, 0.717) is 17.6 Å². The van der Waals surface area contributed by atoms with Crippen LogP contribution in [0.4, 0.5) is 0 Å². The van der Waals surface area contributed by atoms with Gasteiger partial charge in [-0.1, -0.05) is 0 Å². The summed E-state index contributed by atoms with van der Waals surface area (Å²) in [4.78, 5) is 13.0. The van der Waals surface area contributed by atoms with Gasteiger partial charge in [-0.05, 0) is 35.8 Å². The minimum atomic E-state index is 0.279. The number of aryl methyl sites for hydroxylation is 1. The van der Waals surface area contributed by atoms with Crippen molar-refractivity contribution in [1.82, 2.24) is 0 Å². The largest absolute Gasteiger partial charge is 0.381 e. The number of Topliss-reactive ketones (excluding diaryl/α,β-unsaturated/α-hetero) is 1. The third-order valence-corrected chi connectivity index (χ3v) is 4.37. The Bertz CT molecular complexity index is 372. The van der Waals surface area contributed by atoms with E-state index in [0.717, 1.165) is 23.7 Å². The summed E-state index contributed by atoms with van der Waals surface area (Å²) < 4.78 is 5.29. The lowest BCUT2D eigenvalue weighted by molar-refractivity contribution is 0.0897. The quantitative estimate of drug-likeness (QED) is 0.696. The number of ketones is 1. The molecular weight excluding hydrogens is 196 g/mol. The lowest BCUT2D eigenvalue weighted by atomic mass is 10.1.